The van der Waals surface area contributed by atoms with Crippen molar-refractivity contribution in [3.8, 4) is 11.4 Å². The molecule has 78 valence electrons. The van der Waals surface area contributed by atoms with E-state index in [9.17, 15) is 0 Å². The van der Waals surface area contributed by atoms with Crippen LogP contribution in [0.1, 0.15) is 5.56 Å². The van der Waals surface area contributed by atoms with Crippen LogP contribution in [0.3, 0.4) is 0 Å². The van der Waals surface area contributed by atoms with E-state index in [-0.39, 0.29) is 0 Å². The number of aryl methyl sites for hydroxylation is 2. The minimum absolute atomic E-state index is 0.521. The number of nitrogens with zero attached hydrogens (tertiary/aromatic N) is 3. The summed E-state index contributed by atoms with van der Waals surface area (Å²) in [5.74, 6) is 1.53. The van der Waals surface area contributed by atoms with Gasteiger partial charge in [-0.25, -0.2) is 0 Å². The van der Waals surface area contributed by atoms with Gasteiger partial charge in [0.15, 0.2) is 0 Å². The first kappa shape index (κ1) is 9.71. The standard InChI is InChI=1S/C11H15N4/c1-8-4-6-9(7-5-8)10-14(2)11(12)13-15(10)3/h4-7H,1-3H3,(H2,12,13)/q+1. The van der Waals surface area contributed by atoms with Gasteiger partial charge in [0, 0.05) is 0 Å². The van der Waals surface area contributed by atoms with Crippen LogP contribution in [0.5, 0.6) is 0 Å². The fourth-order valence-electron chi connectivity index (χ4n) is 1.68. The van der Waals surface area contributed by atoms with Crippen LogP contribution >= 0.6 is 0 Å². The Labute approximate surface area is 89.0 Å². The minimum Gasteiger partial charge on any atom is -0.347 e. The zero-order chi connectivity index (χ0) is 11.0. The maximum Gasteiger partial charge on any atom is 0.329 e. The number of nitrogen functional groups attached to an aromatic ring is 1. The second kappa shape index (κ2) is 3.38. The van der Waals surface area contributed by atoms with Gasteiger partial charge < -0.3 is 5.73 Å². The summed E-state index contributed by atoms with van der Waals surface area (Å²) in [7, 11) is 3.81. The van der Waals surface area contributed by atoms with Crippen LogP contribution in [0.2, 0.25) is 0 Å². The van der Waals surface area contributed by atoms with E-state index >= 15 is 0 Å². The van der Waals surface area contributed by atoms with Crippen molar-refractivity contribution >= 4 is 5.95 Å². The normalized spacial score (nSPS) is 10.6. The summed E-state index contributed by atoms with van der Waals surface area (Å²) in [6.07, 6.45) is 0. The van der Waals surface area contributed by atoms with E-state index in [0.29, 0.717) is 5.95 Å². The largest absolute Gasteiger partial charge is 0.347 e. The van der Waals surface area contributed by atoms with E-state index in [2.05, 4.69) is 36.3 Å². The SMILES string of the molecule is Cc1ccc(-c2n(C)c(N)n[n+]2C)cc1. The zero-order valence-electron chi connectivity index (χ0n) is 9.23. The zero-order valence-corrected chi connectivity index (χ0v) is 9.23. The lowest BCUT2D eigenvalue weighted by molar-refractivity contribution is -0.717. The molecule has 0 radical (unpaired) electrons. The van der Waals surface area contributed by atoms with Crippen LogP contribution in [0.25, 0.3) is 11.4 Å². The highest BCUT2D eigenvalue weighted by Crippen LogP contribution is 2.16. The van der Waals surface area contributed by atoms with Gasteiger partial charge in [-0.2, -0.15) is 4.57 Å². The van der Waals surface area contributed by atoms with Crippen LogP contribution < -0.4 is 10.4 Å². The second-order valence-corrected chi connectivity index (χ2v) is 3.73. The molecule has 0 atom stereocenters. The molecule has 0 fully saturated rings. The number of rotatable bonds is 1. The predicted octanol–water partition coefficient (Wildman–Crippen LogP) is 0.802. The molecule has 4 heteroatoms. The number of hydrogen-bond acceptors (Lipinski definition) is 2. The summed E-state index contributed by atoms with van der Waals surface area (Å²) in [6.45, 7) is 2.07. The third-order valence-electron chi connectivity index (χ3n) is 2.53. The molecule has 2 aromatic rings. The van der Waals surface area contributed by atoms with Gasteiger partial charge in [-0.1, -0.05) is 17.7 Å². The number of nitrogens with two attached hydrogens (primary N) is 1. The van der Waals surface area contributed by atoms with Gasteiger partial charge in [-0.05, 0) is 24.2 Å². The molecule has 0 aliphatic rings. The maximum atomic E-state index is 5.74. The number of benzene rings is 1. The van der Waals surface area contributed by atoms with Crippen molar-refractivity contribution in [2.45, 2.75) is 6.92 Å². The first-order valence-corrected chi connectivity index (χ1v) is 4.85. The lowest BCUT2D eigenvalue weighted by Gasteiger charge is -1.97. The Morgan fingerprint density at radius 3 is 2.33 bits per heavy atom. The highest BCUT2D eigenvalue weighted by Gasteiger charge is 2.19. The lowest BCUT2D eigenvalue weighted by atomic mass is 10.1. The van der Waals surface area contributed by atoms with Gasteiger partial charge in [0.05, 0.1) is 12.6 Å². The fourth-order valence-corrected chi connectivity index (χ4v) is 1.68. The molecule has 0 saturated carbocycles. The Morgan fingerprint density at radius 2 is 1.87 bits per heavy atom. The van der Waals surface area contributed by atoms with E-state index in [1.807, 2.05) is 18.7 Å². The van der Waals surface area contributed by atoms with Crippen LogP contribution in [-0.2, 0) is 14.1 Å². The molecule has 1 aromatic carbocycles. The Hall–Kier alpha value is -1.84. The Bertz CT molecular complexity index is 482. The molecule has 0 saturated heterocycles. The van der Waals surface area contributed by atoms with Crippen LogP contribution in [-0.4, -0.2) is 9.67 Å². The van der Waals surface area contributed by atoms with Crippen LogP contribution in [0.15, 0.2) is 24.3 Å². The minimum atomic E-state index is 0.521. The smallest absolute Gasteiger partial charge is 0.329 e. The summed E-state index contributed by atoms with van der Waals surface area (Å²) in [4.78, 5) is 0. The molecular formula is C11H15N4+. The molecule has 1 aromatic heterocycles. The van der Waals surface area contributed by atoms with Gasteiger partial charge in [0.2, 0.25) is 0 Å². The second-order valence-electron chi connectivity index (χ2n) is 3.73. The first-order valence-electron chi connectivity index (χ1n) is 4.85. The highest BCUT2D eigenvalue weighted by atomic mass is 15.4. The van der Waals surface area contributed by atoms with E-state index < -0.39 is 0 Å². The number of aromatic nitrogens is 3. The van der Waals surface area contributed by atoms with Crippen molar-refractivity contribution < 1.29 is 4.68 Å². The molecule has 0 bridgehead atoms. The average molecular weight is 203 g/mol. The topological polar surface area (TPSA) is 47.7 Å². The highest BCUT2D eigenvalue weighted by molar-refractivity contribution is 5.54. The number of anilines is 1. The molecule has 0 aliphatic heterocycles. The Kier molecular flexibility index (Phi) is 2.19. The molecule has 0 amide bonds. The van der Waals surface area contributed by atoms with Gasteiger partial charge in [-0.3, -0.25) is 0 Å². The third kappa shape index (κ3) is 1.58. The van der Waals surface area contributed by atoms with Gasteiger partial charge in [-0.15, -0.1) is 4.68 Å². The molecule has 2 N–H and O–H groups in total. The van der Waals surface area contributed by atoms with Crippen molar-refractivity contribution in [3.05, 3.63) is 29.8 Å². The number of hydrogen-bond donors (Lipinski definition) is 1. The Morgan fingerprint density at radius 1 is 1.27 bits per heavy atom. The van der Waals surface area contributed by atoms with Gasteiger partial charge in [0.1, 0.15) is 7.05 Å². The van der Waals surface area contributed by atoms with Crippen LogP contribution in [0, 0.1) is 6.92 Å². The predicted molar refractivity (Wildman–Crippen MR) is 59.0 cm³/mol. The van der Waals surface area contributed by atoms with Crippen molar-refractivity contribution in [1.29, 1.82) is 0 Å². The summed E-state index contributed by atoms with van der Waals surface area (Å²) in [5, 5.41) is 4.17. The molecule has 0 aliphatic carbocycles. The fraction of sp³-hybridized carbons (Fsp3) is 0.273. The molecule has 15 heavy (non-hydrogen) atoms. The van der Waals surface area contributed by atoms with E-state index in [1.54, 1.807) is 4.68 Å². The molecule has 2 rings (SSSR count). The molecule has 1 heterocycles. The molecule has 4 nitrogen and oxygen atoms in total. The molecule has 0 unspecified atom stereocenters. The van der Waals surface area contributed by atoms with E-state index in [1.165, 1.54) is 5.56 Å². The third-order valence-corrected chi connectivity index (χ3v) is 2.53. The Balaban J connectivity index is 2.58. The summed E-state index contributed by atoms with van der Waals surface area (Å²) >= 11 is 0. The first-order chi connectivity index (χ1) is 7.09. The summed E-state index contributed by atoms with van der Waals surface area (Å²) in [6, 6.07) is 8.31. The average Bonchev–Trinajstić information content (AvgIpc) is 2.44. The van der Waals surface area contributed by atoms with Crippen molar-refractivity contribution in [1.82, 2.24) is 9.67 Å². The van der Waals surface area contributed by atoms with Gasteiger partial charge in [0.25, 0.3) is 0 Å². The summed E-state index contributed by atoms with van der Waals surface area (Å²) in [5.41, 5.74) is 8.11. The quantitative estimate of drug-likeness (QED) is 0.697. The van der Waals surface area contributed by atoms with Gasteiger partial charge >= 0.3 is 11.8 Å². The molecule has 0 spiro atoms. The van der Waals surface area contributed by atoms with E-state index in [4.69, 9.17) is 5.73 Å². The molecular weight excluding hydrogens is 188 g/mol. The van der Waals surface area contributed by atoms with Crippen LogP contribution in [0.4, 0.5) is 5.95 Å². The maximum absolute atomic E-state index is 5.74. The lowest BCUT2D eigenvalue weighted by Crippen LogP contribution is -2.32. The monoisotopic (exact) mass is 203 g/mol. The van der Waals surface area contributed by atoms with Crippen molar-refractivity contribution in [3.63, 3.8) is 0 Å². The van der Waals surface area contributed by atoms with Crippen molar-refractivity contribution in [2.24, 2.45) is 14.1 Å². The van der Waals surface area contributed by atoms with E-state index in [0.717, 1.165) is 11.4 Å². The summed E-state index contributed by atoms with van der Waals surface area (Å²) < 4.78 is 3.67. The van der Waals surface area contributed by atoms with Crippen molar-refractivity contribution in [2.75, 3.05) is 5.73 Å².